The molecule has 1 heterocycles. The Labute approximate surface area is 169 Å². The number of sulfonamides is 1. The molecule has 2 aromatic carbocycles. The van der Waals surface area contributed by atoms with Crippen molar-refractivity contribution in [3.8, 4) is 5.75 Å². The maximum Gasteiger partial charge on any atom is 0.242 e. The Morgan fingerprint density at radius 3 is 2.46 bits per heavy atom. The van der Waals surface area contributed by atoms with Gasteiger partial charge in [0.1, 0.15) is 5.75 Å². The van der Waals surface area contributed by atoms with Gasteiger partial charge in [-0.05, 0) is 60.6 Å². The van der Waals surface area contributed by atoms with Crippen molar-refractivity contribution in [2.24, 2.45) is 5.92 Å². The van der Waals surface area contributed by atoms with Crippen molar-refractivity contribution in [1.82, 2.24) is 4.31 Å². The smallest absolute Gasteiger partial charge is 0.242 e. The highest BCUT2D eigenvalue weighted by Crippen LogP contribution is 2.35. The first-order chi connectivity index (χ1) is 13.3. The maximum absolute atomic E-state index is 12.2. The van der Waals surface area contributed by atoms with E-state index in [9.17, 15) is 8.42 Å². The molecule has 3 rings (SSSR count). The first kappa shape index (κ1) is 20.7. The quantitative estimate of drug-likeness (QED) is 0.703. The summed E-state index contributed by atoms with van der Waals surface area (Å²) in [5.41, 5.74) is 2.35. The molecule has 0 N–H and O–H groups in total. The van der Waals surface area contributed by atoms with Crippen LogP contribution in [0.4, 0.5) is 5.69 Å². The van der Waals surface area contributed by atoms with Gasteiger partial charge in [0.25, 0.3) is 0 Å². The van der Waals surface area contributed by atoms with Crippen LogP contribution in [0, 0.1) is 5.92 Å². The number of hydrogen-bond donors (Lipinski definition) is 0. The fourth-order valence-corrected chi connectivity index (χ4v) is 4.90. The molecular weight excluding hydrogens is 372 g/mol. The molecule has 1 aliphatic rings. The third-order valence-electron chi connectivity index (χ3n) is 5.62. The predicted octanol–water partition coefficient (Wildman–Crippen LogP) is 3.97. The summed E-state index contributed by atoms with van der Waals surface area (Å²) in [5, 5.41) is 0. The highest BCUT2D eigenvalue weighted by atomic mass is 32.2. The lowest BCUT2D eigenvalue weighted by Gasteiger charge is -2.21. The number of nitrogens with zero attached hydrogens (tertiary/aromatic N) is 2. The summed E-state index contributed by atoms with van der Waals surface area (Å²) < 4.78 is 31.2. The summed E-state index contributed by atoms with van der Waals surface area (Å²) >= 11 is 0. The highest BCUT2D eigenvalue weighted by molar-refractivity contribution is 7.89. The molecule has 1 saturated heterocycles. The molecular formula is C22H30N2O3S. The molecule has 0 saturated carbocycles. The predicted molar refractivity (Wildman–Crippen MR) is 114 cm³/mol. The number of methoxy groups -OCH3 is 1. The SMILES string of the molecule is COc1ccccc1C(C)C[C@H]1CCN(c2ccc(S(=O)(=O)N(C)C)cc2)C1. The van der Waals surface area contributed by atoms with Gasteiger partial charge < -0.3 is 9.64 Å². The summed E-state index contributed by atoms with van der Waals surface area (Å²) in [6.07, 6.45) is 2.27. The zero-order valence-electron chi connectivity index (χ0n) is 17.1. The molecule has 1 unspecified atom stereocenters. The molecule has 2 atom stereocenters. The van der Waals surface area contributed by atoms with Crippen LogP contribution in [0.5, 0.6) is 5.75 Å². The van der Waals surface area contributed by atoms with Gasteiger partial charge in [-0.25, -0.2) is 12.7 Å². The topological polar surface area (TPSA) is 49.9 Å². The fourth-order valence-electron chi connectivity index (χ4n) is 4.00. The van der Waals surface area contributed by atoms with Gasteiger partial charge in [0.15, 0.2) is 0 Å². The van der Waals surface area contributed by atoms with E-state index in [0.717, 1.165) is 37.4 Å². The van der Waals surface area contributed by atoms with E-state index < -0.39 is 10.0 Å². The molecule has 0 aliphatic carbocycles. The Kier molecular flexibility index (Phi) is 6.30. The molecule has 0 spiro atoms. The molecule has 0 amide bonds. The zero-order chi connectivity index (χ0) is 20.3. The average molecular weight is 403 g/mol. The number of benzene rings is 2. The van der Waals surface area contributed by atoms with E-state index in [4.69, 9.17) is 4.74 Å². The van der Waals surface area contributed by atoms with Crippen LogP contribution in [-0.4, -0.2) is 47.0 Å². The summed E-state index contributed by atoms with van der Waals surface area (Å²) in [7, 11) is 1.45. The molecule has 5 nitrogen and oxygen atoms in total. The molecule has 152 valence electrons. The van der Waals surface area contributed by atoms with Gasteiger partial charge in [0.2, 0.25) is 10.0 Å². The van der Waals surface area contributed by atoms with Crippen molar-refractivity contribution in [1.29, 1.82) is 0 Å². The molecule has 0 radical (unpaired) electrons. The van der Waals surface area contributed by atoms with Gasteiger partial charge in [-0.2, -0.15) is 0 Å². The van der Waals surface area contributed by atoms with E-state index in [-0.39, 0.29) is 0 Å². The third-order valence-corrected chi connectivity index (χ3v) is 7.45. The maximum atomic E-state index is 12.2. The molecule has 0 aromatic heterocycles. The van der Waals surface area contributed by atoms with Crippen molar-refractivity contribution >= 4 is 15.7 Å². The summed E-state index contributed by atoms with van der Waals surface area (Å²) in [6, 6.07) is 15.5. The van der Waals surface area contributed by atoms with E-state index >= 15 is 0 Å². The lowest BCUT2D eigenvalue weighted by molar-refractivity contribution is 0.399. The van der Waals surface area contributed by atoms with Crippen LogP contribution in [0.15, 0.2) is 53.4 Å². The van der Waals surface area contributed by atoms with Crippen LogP contribution in [0.1, 0.15) is 31.2 Å². The molecule has 0 bridgehead atoms. The minimum Gasteiger partial charge on any atom is -0.496 e. The number of hydrogen-bond acceptors (Lipinski definition) is 4. The van der Waals surface area contributed by atoms with Gasteiger partial charge >= 0.3 is 0 Å². The van der Waals surface area contributed by atoms with E-state index in [2.05, 4.69) is 24.0 Å². The first-order valence-corrected chi connectivity index (χ1v) is 11.2. The van der Waals surface area contributed by atoms with Gasteiger partial charge in [-0.3, -0.25) is 0 Å². The van der Waals surface area contributed by atoms with Crippen molar-refractivity contribution in [3.63, 3.8) is 0 Å². The summed E-state index contributed by atoms with van der Waals surface area (Å²) in [6.45, 7) is 4.27. The van der Waals surface area contributed by atoms with Crippen molar-refractivity contribution in [2.75, 3.05) is 39.2 Å². The third kappa shape index (κ3) is 4.33. The first-order valence-electron chi connectivity index (χ1n) is 9.73. The van der Waals surface area contributed by atoms with E-state index in [1.807, 2.05) is 24.3 Å². The number of ether oxygens (including phenoxy) is 1. The van der Waals surface area contributed by atoms with E-state index in [0.29, 0.717) is 16.7 Å². The van der Waals surface area contributed by atoms with Crippen LogP contribution < -0.4 is 9.64 Å². The van der Waals surface area contributed by atoms with E-state index in [1.54, 1.807) is 33.3 Å². The lowest BCUT2D eigenvalue weighted by atomic mass is 9.89. The Morgan fingerprint density at radius 1 is 1.14 bits per heavy atom. The van der Waals surface area contributed by atoms with Crippen molar-refractivity contribution in [3.05, 3.63) is 54.1 Å². The van der Waals surface area contributed by atoms with Gasteiger partial charge in [-0.1, -0.05) is 25.1 Å². The monoisotopic (exact) mass is 402 g/mol. The summed E-state index contributed by atoms with van der Waals surface area (Å²) in [5.74, 6) is 2.02. The van der Waals surface area contributed by atoms with Crippen LogP contribution in [-0.2, 0) is 10.0 Å². The van der Waals surface area contributed by atoms with Crippen LogP contribution in [0.2, 0.25) is 0 Å². The van der Waals surface area contributed by atoms with Gasteiger partial charge in [0, 0.05) is 32.9 Å². The van der Waals surface area contributed by atoms with Gasteiger partial charge in [0.05, 0.1) is 12.0 Å². The van der Waals surface area contributed by atoms with E-state index in [1.165, 1.54) is 9.87 Å². The largest absolute Gasteiger partial charge is 0.496 e. The van der Waals surface area contributed by atoms with Crippen LogP contribution in [0.3, 0.4) is 0 Å². The van der Waals surface area contributed by atoms with Crippen LogP contribution in [0.25, 0.3) is 0 Å². The zero-order valence-corrected chi connectivity index (χ0v) is 17.9. The Balaban J connectivity index is 1.64. The number of para-hydroxylation sites is 1. The second kappa shape index (κ2) is 8.53. The minimum atomic E-state index is -3.38. The molecule has 1 aliphatic heterocycles. The van der Waals surface area contributed by atoms with Gasteiger partial charge in [-0.15, -0.1) is 0 Å². The van der Waals surface area contributed by atoms with Crippen LogP contribution >= 0.6 is 0 Å². The molecule has 28 heavy (non-hydrogen) atoms. The van der Waals surface area contributed by atoms with Crippen molar-refractivity contribution < 1.29 is 13.2 Å². The second-order valence-corrected chi connectivity index (χ2v) is 9.91. The number of rotatable bonds is 7. The normalized spacial score (nSPS) is 18.5. The number of anilines is 1. The highest BCUT2D eigenvalue weighted by Gasteiger charge is 2.26. The molecule has 1 fully saturated rings. The molecule has 2 aromatic rings. The minimum absolute atomic E-state index is 0.335. The lowest BCUT2D eigenvalue weighted by Crippen LogP contribution is -2.23. The Morgan fingerprint density at radius 2 is 1.82 bits per heavy atom. The van der Waals surface area contributed by atoms with Crippen molar-refractivity contribution in [2.45, 2.75) is 30.6 Å². The standard InChI is InChI=1S/C22H30N2O3S/c1-17(21-7-5-6-8-22(21)27-4)15-18-13-14-24(16-18)19-9-11-20(12-10-19)28(25,26)23(2)3/h5-12,17-18H,13-16H2,1-4H3/t17?,18-/m1/s1. The second-order valence-electron chi connectivity index (χ2n) is 7.76. The fraction of sp³-hybridized carbons (Fsp3) is 0.455. The Hall–Kier alpha value is -2.05. The molecule has 6 heteroatoms. The average Bonchev–Trinajstić information content (AvgIpc) is 3.16. The summed E-state index contributed by atoms with van der Waals surface area (Å²) in [4.78, 5) is 2.69. The Bertz CT molecular complexity index is 894.